The minimum atomic E-state index is -3.63. The first-order chi connectivity index (χ1) is 10.6. The maximum absolute atomic E-state index is 12.7. The fraction of sp³-hybridized carbons (Fsp3) is 0.250. The first-order valence-electron chi connectivity index (χ1n) is 6.90. The molecule has 0 amide bonds. The van der Waals surface area contributed by atoms with E-state index in [-0.39, 0.29) is 17.9 Å². The third-order valence-corrected chi connectivity index (χ3v) is 5.68. The maximum atomic E-state index is 12.7. The lowest BCUT2D eigenvalue weighted by Gasteiger charge is -2.21. The van der Waals surface area contributed by atoms with Crippen molar-refractivity contribution in [3.63, 3.8) is 0 Å². The van der Waals surface area contributed by atoms with Crippen molar-refractivity contribution < 1.29 is 8.42 Å². The predicted molar refractivity (Wildman–Crippen MR) is 82.4 cm³/mol. The quantitative estimate of drug-likeness (QED) is 0.869. The van der Waals surface area contributed by atoms with Crippen LogP contribution in [0.4, 0.5) is 5.69 Å². The molecular weight excluding hydrogens is 298 g/mol. The van der Waals surface area contributed by atoms with Gasteiger partial charge in [-0.2, -0.15) is 10.5 Å². The first-order valence-corrected chi connectivity index (χ1v) is 8.34. The number of hydrogen-bond acceptors (Lipinski definition) is 4. The van der Waals surface area contributed by atoms with Crippen LogP contribution in [0.3, 0.4) is 0 Å². The molecule has 0 saturated heterocycles. The number of nitrogens with zero attached hydrogens (tertiary/aromatic N) is 3. The van der Waals surface area contributed by atoms with Gasteiger partial charge in [-0.15, -0.1) is 0 Å². The fourth-order valence-corrected chi connectivity index (χ4v) is 4.55. The highest BCUT2D eigenvalue weighted by Crippen LogP contribution is 2.42. The average molecular weight is 311 g/mol. The average Bonchev–Trinajstić information content (AvgIpc) is 2.74. The molecule has 0 spiro atoms. The number of anilines is 1. The number of hydrogen-bond donors (Lipinski definition) is 0. The van der Waals surface area contributed by atoms with E-state index in [4.69, 9.17) is 5.26 Å². The Labute approximate surface area is 129 Å². The highest BCUT2D eigenvalue weighted by atomic mass is 32.2. The summed E-state index contributed by atoms with van der Waals surface area (Å²) >= 11 is 0. The van der Waals surface area contributed by atoms with Gasteiger partial charge >= 0.3 is 0 Å². The number of benzene rings is 2. The number of rotatable bonds is 4. The molecule has 22 heavy (non-hydrogen) atoms. The molecule has 0 aromatic heterocycles. The highest BCUT2D eigenvalue weighted by Gasteiger charge is 2.36. The Bertz CT molecular complexity index is 917. The van der Waals surface area contributed by atoms with Gasteiger partial charge in [0.15, 0.2) is 0 Å². The van der Waals surface area contributed by atoms with Crippen molar-refractivity contribution in [2.75, 3.05) is 10.8 Å². The lowest BCUT2D eigenvalue weighted by atomic mass is 10.0. The van der Waals surface area contributed by atoms with Crippen LogP contribution in [0.5, 0.6) is 0 Å². The van der Waals surface area contributed by atoms with Gasteiger partial charge in [0.1, 0.15) is 0 Å². The van der Waals surface area contributed by atoms with Gasteiger partial charge in [-0.3, -0.25) is 4.31 Å². The van der Waals surface area contributed by atoms with E-state index in [9.17, 15) is 13.7 Å². The molecule has 0 radical (unpaired) electrons. The van der Waals surface area contributed by atoms with Crippen LogP contribution in [-0.4, -0.2) is 15.0 Å². The molecule has 3 rings (SSSR count). The SMILES string of the molecule is N#CCC[C@H](C#N)CN1c2cccc3cccc(c23)S1(=O)=O. The van der Waals surface area contributed by atoms with Crippen LogP contribution in [0.2, 0.25) is 0 Å². The molecule has 2 aromatic carbocycles. The summed E-state index contributed by atoms with van der Waals surface area (Å²) in [5, 5.41) is 19.4. The number of sulfonamides is 1. The van der Waals surface area contributed by atoms with Gasteiger partial charge < -0.3 is 0 Å². The lowest BCUT2D eigenvalue weighted by Crippen LogP contribution is -2.32. The Morgan fingerprint density at radius 1 is 1.14 bits per heavy atom. The van der Waals surface area contributed by atoms with Crippen molar-refractivity contribution in [1.82, 2.24) is 0 Å². The minimum Gasteiger partial charge on any atom is -0.264 e. The van der Waals surface area contributed by atoms with E-state index in [1.807, 2.05) is 24.3 Å². The number of nitriles is 2. The summed E-state index contributed by atoms with van der Waals surface area (Å²) in [6.07, 6.45) is 0.606. The van der Waals surface area contributed by atoms with E-state index in [1.54, 1.807) is 18.2 Å². The van der Waals surface area contributed by atoms with Crippen LogP contribution in [0.1, 0.15) is 12.8 Å². The van der Waals surface area contributed by atoms with E-state index in [1.165, 1.54) is 4.31 Å². The van der Waals surface area contributed by atoms with Gasteiger partial charge in [0.05, 0.1) is 35.2 Å². The lowest BCUT2D eigenvalue weighted by molar-refractivity contribution is 0.576. The molecule has 1 aliphatic rings. The fourth-order valence-electron chi connectivity index (χ4n) is 2.79. The zero-order valence-corrected chi connectivity index (χ0v) is 12.5. The smallest absolute Gasteiger partial charge is 0.264 e. The van der Waals surface area contributed by atoms with Crippen molar-refractivity contribution in [2.24, 2.45) is 5.92 Å². The van der Waals surface area contributed by atoms with Crippen LogP contribution >= 0.6 is 0 Å². The van der Waals surface area contributed by atoms with Gasteiger partial charge in [-0.1, -0.05) is 24.3 Å². The molecule has 0 bridgehead atoms. The van der Waals surface area contributed by atoms with Crippen LogP contribution in [0, 0.1) is 28.6 Å². The topological polar surface area (TPSA) is 85.0 Å². The zero-order valence-electron chi connectivity index (χ0n) is 11.7. The van der Waals surface area contributed by atoms with Crippen molar-refractivity contribution in [3.05, 3.63) is 36.4 Å². The van der Waals surface area contributed by atoms with Crippen molar-refractivity contribution in [2.45, 2.75) is 17.7 Å². The van der Waals surface area contributed by atoms with Gasteiger partial charge in [0.25, 0.3) is 10.0 Å². The molecule has 110 valence electrons. The second-order valence-corrected chi connectivity index (χ2v) is 7.02. The van der Waals surface area contributed by atoms with E-state index in [0.29, 0.717) is 17.5 Å². The Morgan fingerprint density at radius 2 is 1.86 bits per heavy atom. The molecule has 5 nitrogen and oxygen atoms in total. The normalized spacial score (nSPS) is 16.2. The molecule has 1 heterocycles. The second-order valence-electron chi connectivity index (χ2n) is 5.19. The van der Waals surface area contributed by atoms with Gasteiger partial charge in [0.2, 0.25) is 0 Å². The summed E-state index contributed by atoms with van der Waals surface area (Å²) in [7, 11) is -3.63. The molecule has 1 aliphatic heterocycles. The van der Waals surface area contributed by atoms with Gasteiger partial charge in [-0.25, -0.2) is 8.42 Å². The minimum absolute atomic E-state index is 0.0777. The summed E-state index contributed by atoms with van der Waals surface area (Å²) in [6, 6.07) is 14.7. The van der Waals surface area contributed by atoms with E-state index >= 15 is 0 Å². The molecule has 0 unspecified atom stereocenters. The van der Waals surface area contributed by atoms with E-state index < -0.39 is 15.9 Å². The maximum Gasteiger partial charge on any atom is 0.265 e. The van der Waals surface area contributed by atoms with Crippen LogP contribution < -0.4 is 4.31 Å². The monoisotopic (exact) mass is 311 g/mol. The Hall–Kier alpha value is -2.57. The van der Waals surface area contributed by atoms with Crippen molar-refractivity contribution >= 4 is 26.5 Å². The first kappa shape index (κ1) is 14.4. The van der Waals surface area contributed by atoms with E-state index in [2.05, 4.69) is 6.07 Å². The summed E-state index contributed by atoms with van der Waals surface area (Å²) in [5.74, 6) is -0.501. The third kappa shape index (κ3) is 2.09. The molecule has 2 aromatic rings. The molecule has 0 N–H and O–H groups in total. The molecule has 0 fully saturated rings. The molecule has 0 aliphatic carbocycles. The summed E-state index contributed by atoms with van der Waals surface area (Å²) in [4.78, 5) is 0.289. The summed E-state index contributed by atoms with van der Waals surface area (Å²) < 4.78 is 26.8. The molecule has 1 atom stereocenters. The predicted octanol–water partition coefficient (Wildman–Crippen LogP) is 2.79. The summed E-state index contributed by atoms with van der Waals surface area (Å²) in [6.45, 7) is 0.0777. The van der Waals surface area contributed by atoms with Crippen LogP contribution in [0.25, 0.3) is 10.8 Å². The van der Waals surface area contributed by atoms with E-state index in [0.717, 1.165) is 5.39 Å². The highest BCUT2D eigenvalue weighted by molar-refractivity contribution is 7.93. The van der Waals surface area contributed by atoms with Crippen LogP contribution in [0.15, 0.2) is 41.3 Å². The van der Waals surface area contributed by atoms with Crippen molar-refractivity contribution in [1.29, 1.82) is 10.5 Å². The third-order valence-electron chi connectivity index (χ3n) is 3.85. The van der Waals surface area contributed by atoms with Gasteiger partial charge in [-0.05, 0) is 23.9 Å². The Kier molecular flexibility index (Phi) is 3.48. The largest absolute Gasteiger partial charge is 0.265 e. The van der Waals surface area contributed by atoms with Crippen LogP contribution in [-0.2, 0) is 10.0 Å². The molecule has 6 heteroatoms. The molecular formula is C16H13N3O2S. The second kappa shape index (κ2) is 5.32. The Balaban J connectivity index is 2.07. The molecule has 0 saturated carbocycles. The summed E-state index contributed by atoms with van der Waals surface area (Å²) in [5.41, 5.74) is 0.616. The zero-order chi connectivity index (χ0) is 15.7. The van der Waals surface area contributed by atoms with Gasteiger partial charge in [0, 0.05) is 11.8 Å². The van der Waals surface area contributed by atoms with Crippen molar-refractivity contribution in [3.8, 4) is 12.1 Å². The standard InChI is InChI=1S/C16H13N3O2S/c17-9-3-4-12(10-18)11-19-14-7-1-5-13-6-2-8-15(16(13)14)22(19,20)21/h1-2,5-8,12H,3-4,11H2/t12-/m1/s1. The Morgan fingerprint density at radius 3 is 2.55 bits per heavy atom.